The lowest BCUT2D eigenvalue weighted by Gasteiger charge is -2.39. The number of rotatable bonds is 0. The average molecular weight is 178 g/mol. The third-order valence-electron chi connectivity index (χ3n) is 4.93. The third kappa shape index (κ3) is 0.963. The summed E-state index contributed by atoms with van der Waals surface area (Å²) in [6.45, 7) is 0. The smallest absolute Gasteiger partial charge is 0.133 e. The van der Waals surface area contributed by atoms with Crippen LogP contribution in [0.15, 0.2) is 0 Å². The number of ketones is 1. The average Bonchev–Trinajstić information content (AvgIpc) is 2.57. The van der Waals surface area contributed by atoms with Crippen molar-refractivity contribution in [3.63, 3.8) is 0 Å². The molecule has 0 aromatic rings. The zero-order valence-corrected chi connectivity index (χ0v) is 8.22. The summed E-state index contributed by atoms with van der Waals surface area (Å²) in [5.41, 5.74) is 0.523. The van der Waals surface area contributed by atoms with Gasteiger partial charge < -0.3 is 0 Å². The molecule has 0 radical (unpaired) electrons. The number of hydrogen-bond acceptors (Lipinski definition) is 1. The molecular weight excluding hydrogens is 160 g/mol. The molecule has 3 atom stereocenters. The second-order valence-corrected chi connectivity index (χ2v) is 5.37. The van der Waals surface area contributed by atoms with E-state index >= 15 is 0 Å². The van der Waals surface area contributed by atoms with Crippen molar-refractivity contribution < 1.29 is 4.79 Å². The van der Waals surface area contributed by atoms with Crippen LogP contribution < -0.4 is 0 Å². The van der Waals surface area contributed by atoms with Crippen LogP contribution in [0.2, 0.25) is 0 Å². The van der Waals surface area contributed by atoms with Crippen LogP contribution in [0.25, 0.3) is 0 Å². The van der Waals surface area contributed by atoms with Gasteiger partial charge in [0.2, 0.25) is 0 Å². The predicted molar refractivity (Wildman–Crippen MR) is 51.4 cm³/mol. The zero-order chi connectivity index (χ0) is 8.89. The fourth-order valence-electron chi connectivity index (χ4n) is 4.39. The molecule has 0 saturated heterocycles. The van der Waals surface area contributed by atoms with Crippen LogP contribution in [0.4, 0.5) is 0 Å². The maximum Gasteiger partial charge on any atom is 0.133 e. The van der Waals surface area contributed by atoms with Gasteiger partial charge in [0.25, 0.3) is 0 Å². The third-order valence-corrected chi connectivity index (χ3v) is 4.93. The standard InChI is InChI=1S/C12H18O/c13-11-7-10-5-4-9-3-1-2-6-12(9,10)8-11/h9-10H,1-8H2. The van der Waals surface area contributed by atoms with Crippen molar-refractivity contribution >= 4 is 5.78 Å². The van der Waals surface area contributed by atoms with Gasteiger partial charge in [0.1, 0.15) is 5.78 Å². The Kier molecular flexibility index (Phi) is 1.59. The van der Waals surface area contributed by atoms with E-state index < -0.39 is 0 Å². The van der Waals surface area contributed by atoms with Crippen molar-refractivity contribution in [2.24, 2.45) is 17.3 Å². The molecule has 0 bridgehead atoms. The van der Waals surface area contributed by atoms with E-state index in [1.165, 1.54) is 38.5 Å². The Morgan fingerprint density at radius 1 is 1.08 bits per heavy atom. The van der Waals surface area contributed by atoms with Gasteiger partial charge in [-0.3, -0.25) is 4.79 Å². The fraction of sp³-hybridized carbons (Fsp3) is 0.917. The Morgan fingerprint density at radius 2 is 1.92 bits per heavy atom. The summed E-state index contributed by atoms with van der Waals surface area (Å²) in [7, 11) is 0. The largest absolute Gasteiger partial charge is 0.300 e. The summed E-state index contributed by atoms with van der Waals surface area (Å²) in [6.07, 6.45) is 10.3. The highest BCUT2D eigenvalue weighted by molar-refractivity contribution is 5.82. The van der Waals surface area contributed by atoms with Gasteiger partial charge in [0.15, 0.2) is 0 Å². The van der Waals surface area contributed by atoms with Gasteiger partial charge >= 0.3 is 0 Å². The molecule has 3 unspecified atom stereocenters. The van der Waals surface area contributed by atoms with Gasteiger partial charge in [-0.1, -0.05) is 12.8 Å². The Hall–Kier alpha value is -0.330. The summed E-state index contributed by atoms with van der Waals surface area (Å²) in [4.78, 5) is 11.5. The lowest BCUT2D eigenvalue weighted by Crippen LogP contribution is -2.31. The maximum atomic E-state index is 11.5. The van der Waals surface area contributed by atoms with Crippen LogP contribution in [0, 0.1) is 17.3 Å². The molecule has 1 spiro atoms. The molecule has 0 aromatic carbocycles. The molecule has 3 fully saturated rings. The molecule has 0 aromatic heterocycles. The van der Waals surface area contributed by atoms with Crippen molar-refractivity contribution in [3.8, 4) is 0 Å². The summed E-state index contributed by atoms with van der Waals surface area (Å²) in [5, 5.41) is 0. The van der Waals surface area contributed by atoms with E-state index in [0.29, 0.717) is 11.2 Å². The van der Waals surface area contributed by atoms with Gasteiger partial charge in [0.05, 0.1) is 0 Å². The molecule has 13 heavy (non-hydrogen) atoms. The van der Waals surface area contributed by atoms with E-state index in [0.717, 1.165) is 24.7 Å². The van der Waals surface area contributed by atoms with Gasteiger partial charge in [-0.15, -0.1) is 0 Å². The van der Waals surface area contributed by atoms with Crippen molar-refractivity contribution in [2.75, 3.05) is 0 Å². The van der Waals surface area contributed by atoms with E-state index in [1.54, 1.807) is 0 Å². The molecule has 1 heteroatoms. The fourth-order valence-corrected chi connectivity index (χ4v) is 4.39. The van der Waals surface area contributed by atoms with Crippen molar-refractivity contribution in [1.82, 2.24) is 0 Å². The van der Waals surface area contributed by atoms with E-state index in [-0.39, 0.29) is 0 Å². The van der Waals surface area contributed by atoms with Crippen LogP contribution in [-0.2, 0) is 4.79 Å². The molecule has 0 heterocycles. The van der Waals surface area contributed by atoms with Gasteiger partial charge in [-0.25, -0.2) is 0 Å². The summed E-state index contributed by atoms with van der Waals surface area (Å²) in [5.74, 6) is 2.29. The molecule has 3 aliphatic carbocycles. The normalized spacial score (nSPS) is 49.1. The number of hydrogen-bond donors (Lipinski definition) is 0. The Bertz CT molecular complexity index is 244. The monoisotopic (exact) mass is 178 g/mol. The van der Waals surface area contributed by atoms with Gasteiger partial charge in [0, 0.05) is 12.8 Å². The van der Waals surface area contributed by atoms with Crippen molar-refractivity contribution in [3.05, 3.63) is 0 Å². The van der Waals surface area contributed by atoms with Gasteiger partial charge in [-0.05, 0) is 42.9 Å². The first kappa shape index (κ1) is 8.02. The van der Waals surface area contributed by atoms with Crippen molar-refractivity contribution in [2.45, 2.75) is 51.4 Å². The van der Waals surface area contributed by atoms with Crippen LogP contribution in [-0.4, -0.2) is 5.78 Å². The Morgan fingerprint density at radius 3 is 2.85 bits per heavy atom. The lowest BCUT2D eigenvalue weighted by molar-refractivity contribution is -0.118. The topological polar surface area (TPSA) is 17.1 Å². The number of Topliss-reactive ketones (excluding diaryl/α,β-unsaturated/α-hetero) is 1. The zero-order valence-electron chi connectivity index (χ0n) is 8.22. The molecule has 1 nitrogen and oxygen atoms in total. The minimum absolute atomic E-state index is 0.523. The van der Waals surface area contributed by atoms with E-state index in [2.05, 4.69) is 0 Å². The van der Waals surface area contributed by atoms with E-state index in [9.17, 15) is 4.79 Å². The highest BCUT2D eigenvalue weighted by atomic mass is 16.1. The van der Waals surface area contributed by atoms with Crippen LogP contribution >= 0.6 is 0 Å². The highest BCUT2D eigenvalue weighted by Crippen LogP contribution is 2.62. The molecule has 0 aliphatic heterocycles. The Labute approximate surface area is 79.9 Å². The molecule has 0 N–H and O–H groups in total. The first-order valence-electron chi connectivity index (χ1n) is 5.83. The summed E-state index contributed by atoms with van der Waals surface area (Å²) >= 11 is 0. The molecule has 72 valence electrons. The molecular formula is C12H18O. The highest BCUT2D eigenvalue weighted by Gasteiger charge is 2.55. The number of carbonyl (C=O) groups is 1. The molecule has 0 amide bonds. The molecule has 3 aliphatic rings. The van der Waals surface area contributed by atoms with Gasteiger partial charge in [-0.2, -0.15) is 0 Å². The van der Waals surface area contributed by atoms with Crippen LogP contribution in [0.1, 0.15) is 51.4 Å². The quantitative estimate of drug-likeness (QED) is 0.557. The first-order valence-corrected chi connectivity index (χ1v) is 5.83. The van der Waals surface area contributed by atoms with E-state index in [1.807, 2.05) is 0 Å². The van der Waals surface area contributed by atoms with Crippen LogP contribution in [0.3, 0.4) is 0 Å². The maximum absolute atomic E-state index is 11.5. The first-order chi connectivity index (χ1) is 6.31. The Balaban J connectivity index is 1.94. The summed E-state index contributed by atoms with van der Waals surface area (Å²) in [6, 6.07) is 0. The number of carbonyl (C=O) groups excluding carboxylic acids is 1. The minimum atomic E-state index is 0.523. The lowest BCUT2D eigenvalue weighted by atomic mass is 9.65. The summed E-state index contributed by atoms with van der Waals surface area (Å²) < 4.78 is 0. The van der Waals surface area contributed by atoms with Crippen molar-refractivity contribution in [1.29, 1.82) is 0 Å². The predicted octanol–water partition coefficient (Wildman–Crippen LogP) is 2.94. The SMILES string of the molecule is O=C1CC2CCC3CCCCC32C1. The van der Waals surface area contributed by atoms with E-state index in [4.69, 9.17) is 0 Å². The second-order valence-electron chi connectivity index (χ2n) is 5.37. The second kappa shape index (κ2) is 2.59. The molecule has 3 saturated carbocycles. The minimum Gasteiger partial charge on any atom is -0.300 e. The van der Waals surface area contributed by atoms with Crippen LogP contribution in [0.5, 0.6) is 0 Å². The molecule has 3 rings (SSSR count).